The minimum absolute atomic E-state index is 0. The number of rotatable bonds is 9. The van der Waals surface area contributed by atoms with Crippen molar-refractivity contribution in [3.8, 4) is 34.5 Å². The van der Waals surface area contributed by atoms with Crippen LogP contribution in [0.5, 0.6) is 34.5 Å². The lowest BCUT2D eigenvalue weighted by Gasteiger charge is -2.14. The van der Waals surface area contributed by atoms with Crippen LogP contribution in [0.4, 0.5) is 0 Å². The molecule has 3 aromatic rings. The highest BCUT2D eigenvalue weighted by Crippen LogP contribution is 2.38. The van der Waals surface area contributed by atoms with Crippen LogP contribution >= 0.6 is 0 Å². The normalized spacial score (nSPS) is 12.3. The number of phenolic OH excluding ortho intramolecular Hbond substituents is 6. The van der Waals surface area contributed by atoms with E-state index in [1.165, 1.54) is 18.2 Å². The fraction of sp³-hybridized carbons (Fsp3) is 0.0741. The number of esters is 1. The average molecular weight is 540 g/mol. The summed E-state index contributed by atoms with van der Waals surface area (Å²) in [5, 5.41) is 77.8. The molecule has 0 spiro atoms. The number of carboxylic acid groups (broad SMARTS) is 2. The highest BCUT2D eigenvalue weighted by molar-refractivity contribution is 6.22. The summed E-state index contributed by atoms with van der Waals surface area (Å²) in [7, 11) is 0. The minimum Gasteiger partial charge on any atom is -0.504 e. The molecule has 0 aliphatic rings. The Morgan fingerprint density at radius 2 is 1.41 bits per heavy atom. The molecular weight excluding hydrogens is 516 g/mol. The van der Waals surface area contributed by atoms with E-state index in [1.54, 1.807) is 0 Å². The van der Waals surface area contributed by atoms with Gasteiger partial charge >= 0.3 is 17.9 Å². The molecule has 0 saturated heterocycles. The van der Waals surface area contributed by atoms with Crippen molar-refractivity contribution < 1.29 is 61.4 Å². The Morgan fingerprint density at radius 1 is 0.795 bits per heavy atom. The number of ether oxygens (including phenoxy) is 1. The molecule has 0 bridgehead atoms. The number of aliphatic carboxylic acids is 2. The van der Waals surface area contributed by atoms with E-state index in [2.05, 4.69) is 0 Å². The number of carbonyl (C=O) groups excluding carboxylic acids is 1. The number of carbonyl (C=O) groups is 3. The Labute approximate surface area is 221 Å². The molecule has 0 radical (unpaired) electrons. The maximum Gasteiger partial charge on any atom is 0.345 e. The van der Waals surface area contributed by atoms with Gasteiger partial charge in [0.1, 0.15) is 0 Å². The van der Waals surface area contributed by atoms with Crippen LogP contribution in [0, 0.1) is 0 Å². The van der Waals surface area contributed by atoms with E-state index in [1.807, 2.05) is 0 Å². The standard InChI is InChI=1S/C27H22O12.H2/c28-17-5-1-13(10-20(17)31)9-16(26(35)36)24-15(3-7-19(30)25(24)34)4-8-23(33)39-22(27(37)38)12-14-2-6-18(29)21(32)11-14;/h1-11,22,28-32,34H,12H2,(H,35,36)(H,37,38);1H/b8-4+,16-9+;. The summed E-state index contributed by atoms with van der Waals surface area (Å²) in [6.45, 7) is 0. The zero-order valence-electron chi connectivity index (χ0n) is 19.8. The van der Waals surface area contributed by atoms with Crippen LogP contribution in [0.1, 0.15) is 23.7 Å². The van der Waals surface area contributed by atoms with Gasteiger partial charge in [0.2, 0.25) is 6.10 Å². The van der Waals surface area contributed by atoms with Crippen LogP contribution < -0.4 is 0 Å². The Hall–Kier alpha value is -5.65. The summed E-state index contributed by atoms with van der Waals surface area (Å²) >= 11 is 0. The van der Waals surface area contributed by atoms with Gasteiger partial charge in [0.15, 0.2) is 34.5 Å². The Kier molecular flexibility index (Phi) is 8.31. The summed E-state index contributed by atoms with van der Waals surface area (Å²) in [6.07, 6.45) is 0.826. The van der Waals surface area contributed by atoms with Gasteiger partial charge in [-0.1, -0.05) is 18.2 Å². The summed E-state index contributed by atoms with van der Waals surface area (Å²) in [6, 6.07) is 9.24. The van der Waals surface area contributed by atoms with Crippen molar-refractivity contribution in [2.24, 2.45) is 0 Å². The molecule has 0 amide bonds. The van der Waals surface area contributed by atoms with Crippen LogP contribution in [0.25, 0.3) is 17.7 Å². The number of hydrogen-bond acceptors (Lipinski definition) is 10. The monoisotopic (exact) mass is 540 g/mol. The maximum absolute atomic E-state index is 12.4. The predicted octanol–water partition coefficient (Wildman–Crippen LogP) is 3.04. The molecule has 3 rings (SSSR count). The van der Waals surface area contributed by atoms with Gasteiger partial charge in [0, 0.05) is 19.5 Å². The van der Waals surface area contributed by atoms with Crippen LogP contribution in [-0.4, -0.2) is 64.9 Å². The van der Waals surface area contributed by atoms with Gasteiger partial charge in [0.25, 0.3) is 0 Å². The molecule has 39 heavy (non-hydrogen) atoms. The van der Waals surface area contributed by atoms with Gasteiger partial charge in [-0.15, -0.1) is 0 Å². The second-order valence-electron chi connectivity index (χ2n) is 8.13. The van der Waals surface area contributed by atoms with E-state index in [4.69, 9.17) is 4.74 Å². The second-order valence-corrected chi connectivity index (χ2v) is 8.13. The maximum atomic E-state index is 12.4. The Balaban J connectivity index is 0.00000560. The fourth-order valence-corrected chi connectivity index (χ4v) is 3.48. The highest BCUT2D eigenvalue weighted by atomic mass is 16.6. The molecule has 1 unspecified atom stereocenters. The van der Waals surface area contributed by atoms with Crippen LogP contribution in [0.3, 0.4) is 0 Å². The summed E-state index contributed by atoms with van der Waals surface area (Å²) < 4.78 is 4.97. The van der Waals surface area contributed by atoms with Crippen LogP contribution in [0.2, 0.25) is 0 Å². The van der Waals surface area contributed by atoms with E-state index in [9.17, 15) is 55.2 Å². The van der Waals surface area contributed by atoms with Crippen molar-refractivity contribution in [3.63, 3.8) is 0 Å². The molecule has 1 atom stereocenters. The van der Waals surface area contributed by atoms with Gasteiger partial charge in [0.05, 0.1) is 5.57 Å². The summed E-state index contributed by atoms with van der Waals surface area (Å²) in [5.41, 5.74) is -0.680. The lowest BCUT2D eigenvalue weighted by atomic mass is 9.95. The molecule has 0 fully saturated rings. The summed E-state index contributed by atoms with van der Waals surface area (Å²) in [5.74, 6) is -7.60. The van der Waals surface area contributed by atoms with Crippen molar-refractivity contribution in [3.05, 3.63) is 76.9 Å². The quantitative estimate of drug-likeness (QED) is 0.0849. The first-order valence-electron chi connectivity index (χ1n) is 11.0. The number of carboxylic acids is 2. The molecule has 3 aromatic carbocycles. The number of benzene rings is 3. The van der Waals surface area contributed by atoms with E-state index in [-0.39, 0.29) is 24.5 Å². The lowest BCUT2D eigenvalue weighted by molar-refractivity contribution is -0.160. The second kappa shape index (κ2) is 11.6. The Morgan fingerprint density at radius 3 is 2.00 bits per heavy atom. The molecule has 0 heterocycles. The SMILES string of the molecule is O=C(/C=C/c1ccc(O)c(O)c1/C(=C\c1ccc(O)c(O)c1)C(=O)O)OC(Cc1ccc(O)c(O)c1)C(=O)O.[HH]. The first-order chi connectivity index (χ1) is 18.4. The van der Waals surface area contributed by atoms with E-state index >= 15 is 0 Å². The molecule has 204 valence electrons. The third kappa shape index (κ3) is 6.77. The molecule has 12 heteroatoms. The third-order valence-electron chi connectivity index (χ3n) is 5.39. The van der Waals surface area contributed by atoms with E-state index in [0.717, 1.165) is 48.6 Å². The van der Waals surface area contributed by atoms with E-state index in [0.29, 0.717) is 0 Å². The zero-order chi connectivity index (χ0) is 28.9. The lowest BCUT2D eigenvalue weighted by Crippen LogP contribution is -2.28. The predicted molar refractivity (Wildman–Crippen MR) is 137 cm³/mol. The van der Waals surface area contributed by atoms with Gasteiger partial charge in [-0.05, 0) is 59.2 Å². The Bertz CT molecular complexity index is 1510. The summed E-state index contributed by atoms with van der Waals surface area (Å²) in [4.78, 5) is 36.1. The van der Waals surface area contributed by atoms with E-state index < -0.39 is 69.6 Å². The van der Waals surface area contributed by atoms with Crippen molar-refractivity contribution in [1.82, 2.24) is 0 Å². The van der Waals surface area contributed by atoms with Gasteiger partial charge in [-0.2, -0.15) is 0 Å². The average Bonchev–Trinajstić information content (AvgIpc) is 2.87. The number of aromatic hydroxyl groups is 6. The van der Waals surface area contributed by atoms with Crippen molar-refractivity contribution >= 4 is 35.6 Å². The van der Waals surface area contributed by atoms with Crippen molar-refractivity contribution in [2.45, 2.75) is 12.5 Å². The van der Waals surface area contributed by atoms with Crippen LogP contribution in [0.15, 0.2) is 54.6 Å². The van der Waals surface area contributed by atoms with Gasteiger partial charge < -0.3 is 45.6 Å². The minimum atomic E-state index is -1.68. The number of phenols is 6. The smallest absolute Gasteiger partial charge is 0.345 e. The highest BCUT2D eigenvalue weighted by Gasteiger charge is 2.24. The fourth-order valence-electron chi connectivity index (χ4n) is 3.48. The first kappa shape index (κ1) is 27.9. The largest absolute Gasteiger partial charge is 0.504 e. The molecule has 0 aromatic heterocycles. The molecule has 0 aliphatic heterocycles. The molecule has 0 saturated carbocycles. The van der Waals surface area contributed by atoms with Gasteiger partial charge in [-0.3, -0.25) is 0 Å². The van der Waals surface area contributed by atoms with Gasteiger partial charge in [-0.25, -0.2) is 14.4 Å². The molecule has 0 aliphatic carbocycles. The topological polar surface area (TPSA) is 222 Å². The zero-order valence-corrected chi connectivity index (χ0v) is 19.8. The molecule has 12 nitrogen and oxygen atoms in total. The molecule has 8 N–H and O–H groups in total. The van der Waals surface area contributed by atoms with Crippen molar-refractivity contribution in [2.75, 3.05) is 0 Å². The van der Waals surface area contributed by atoms with Crippen molar-refractivity contribution in [1.29, 1.82) is 0 Å². The third-order valence-corrected chi connectivity index (χ3v) is 5.39. The molecular formula is C27H24O12. The first-order valence-corrected chi connectivity index (χ1v) is 11.0. The van der Waals surface area contributed by atoms with Crippen LogP contribution in [-0.2, 0) is 25.5 Å². The number of hydrogen-bond donors (Lipinski definition) is 8.